The first-order valence-corrected chi connectivity index (χ1v) is 7.08. The number of pyridine rings is 1. The summed E-state index contributed by atoms with van der Waals surface area (Å²) in [6, 6.07) is 4.20. The number of nitrogens with two attached hydrogens (primary N) is 1. The largest absolute Gasteiger partial charge is 0.327 e. The van der Waals surface area contributed by atoms with E-state index in [9.17, 15) is 0 Å². The summed E-state index contributed by atoms with van der Waals surface area (Å²) in [4.78, 5) is 5.94. The number of rotatable bonds is 5. The fourth-order valence-electron chi connectivity index (χ4n) is 2.44. The van der Waals surface area contributed by atoms with E-state index in [2.05, 4.69) is 44.1 Å². The molecular formula is C14H19N7. The summed E-state index contributed by atoms with van der Waals surface area (Å²) >= 11 is 0. The minimum atomic E-state index is 0.166. The van der Waals surface area contributed by atoms with Crippen molar-refractivity contribution in [2.45, 2.75) is 32.4 Å². The van der Waals surface area contributed by atoms with Gasteiger partial charge in [-0.1, -0.05) is 6.92 Å². The van der Waals surface area contributed by atoms with Crippen LogP contribution in [0.2, 0.25) is 0 Å². The maximum atomic E-state index is 6.09. The van der Waals surface area contributed by atoms with E-state index in [0.29, 0.717) is 12.4 Å². The molecule has 3 rings (SSSR count). The number of aryl methyl sites for hydroxylation is 1. The molecule has 0 amide bonds. The van der Waals surface area contributed by atoms with E-state index in [-0.39, 0.29) is 6.04 Å². The molecule has 0 saturated carbocycles. The highest BCUT2D eigenvalue weighted by atomic mass is 15.6. The van der Waals surface area contributed by atoms with Gasteiger partial charge in [0.25, 0.3) is 0 Å². The third-order valence-electron chi connectivity index (χ3n) is 3.58. The van der Waals surface area contributed by atoms with Crippen LogP contribution in [0.4, 0.5) is 0 Å². The lowest BCUT2D eigenvalue weighted by Crippen LogP contribution is -2.21. The Labute approximate surface area is 122 Å². The van der Waals surface area contributed by atoms with Gasteiger partial charge in [0.15, 0.2) is 5.82 Å². The molecule has 3 aromatic heterocycles. The normalized spacial score (nSPS) is 12.9. The Kier molecular flexibility index (Phi) is 3.66. The first-order valence-electron chi connectivity index (χ1n) is 7.08. The van der Waals surface area contributed by atoms with E-state index < -0.39 is 0 Å². The molecule has 0 saturated heterocycles. The van der Waals surface area contributed by atoms with Crippen LogP contribution in [0.1, 0.15) is 24.7 Å². The molecule has 0 aliphatic carbocycles. The average molecular weight is 285 g/mol. The van der Waals surface area contributed by atoms with Crippen LogP contribution in [-0.2, 0) is 20.0 Å². The predicted molar refractivity (Wildman–Crippen MR) is 79.6 cm³/mol. The Bertz CT molecular complexity index is 743. The summed E-state index contributed by atoms with van der Waals surface area (Å²) in [6.45, 7) is 2.66. The number of aromatic nitrogens is 6. The van der Waals surface area contributed by atoms with E-state index in [1.807, 2.05) is 6.07 Å². The quantitative estimate of drug-likeness (QED) is 0.752. The summed E-state index contributed by atoms with van der Waals surface area (Å²) in [7, 11) is 1.76. The second kappa shape index (κ2) is 5.61. The van der Waals surface area contributed by atoms with Crippen molar-refractivity contribution < 1.29 is 0 Å². The lowest BCUT2D eigenvalue weighted by Gasteiger charge is -2.06. The topological polar surface area (TPSA) is 87.4 Å². The zero-order valence-electron chi connectivity index (χ0n) is 12.3. The number of hydrogen-bond acceptors (Lipinski definition) is 5. The Morgan fingerprint density at radius 3 is 2.95 bits per heavy atom. The molecule has 7 nitrogen and oxygen atoms in total. The first-order chi connectivity index (χ1) is 10.2. The van der Waals surface area contributed by atoms with Crippen molar-refractivity contribution in [1.82, 2.24) is 29.8 Å². The van der Waals surface area contributed by atoms with E-state index in [1.54, 1.807) is 13.2 Å². The molecule has 0 radical (unpaired) electrons. The van der Waals surface area contributed by atoms with E-state index in [0.717, 1.165) is 23.9 Å². The number of hydrogen-bond donors (Lipinski definition) is 1. The molecule has 110 valence electrons. The highest BCUT2D eigenvalue weighted by molar-refractivity contribution is 5.80. The molecule has 2 N–H and O–H groups in total. The fraction of sp³-hybridized carbons (Fsp3) is 0.429. The summed E-state index contributed by atoms with van der Waals surface area (Å²) < 4.78 is 2.06. The lowest BCUT2D eigenvalue weighted by molar-refractivity contribution is 0.625. The summed E-state index contributed by atoms with van der Waals surface area (Å²) in [5.41, 5.74) is 8.25. The van der Waals surface area contributed by atoms with Gasteiger partial charge in [0.2, 0.25) is 0 Å². The summed E-state index contributed by atoms with van der Waals surface area (Å²) in [5, 5.41) is 13.3. The zero-order chi connectivity index (χ0) is 14.8. The third kappa shape index (κ3) is 2.78. The molecule has 0 fully saturated rings. The van der Waals surface area contributed by atoms with Crippen molar-refractivity contribution in [2.75, 3.05) is 0 Å². The molecule has 7 heteroatoms. The van der Waals surface area contributed by atoms with Gasteiger partial charge in [-0.3, -0.25) is 0 Å². The Balaban J connectivity index is 1.98. The van der Waals surface area contributed by atoms with Crippen LogP contribution < -0.4 is 5.73 Å². The fourth-order valence-corrected chi connectivity index (χ4v) is 2.44. The van der Waals surface area contributed by atoms with Crippen molar-refractivity contribution >= 4 is 11.0 Å². The van der Waals surface area contributed by atoms with Crippen LogP contribution in [-0.4, -0.2) is 35.8 Å². The summed E-state index contributed by atoms with van der Waals surface area (Å²) in [6.07, 6.45) is 5.70. The van der Waals surface area contributed by atoms with Crippen LogP contribution >= 0.6 is 0 Å². The van der Waals surface area contributed by atoms with Crippen molar-refractivity contribution in [2.24, 2.45) is 12.8 Å². The van der Waals surface area contributed by atoms with E-state index in [1.165, 1.54) is 10.4 Å². The predicted octanol–water partition coefficient (Wildman–Crippen LogP) is 0.888. The van der Waals surface area contributed by atoms with Crippen LogP contribution in [0, 0.1) is 0 Å². The molecule has 21 heavy (non-hydrogen) atoms. The van der Waals surface area contributed by atoms with Crippen molar-refractivity contribution in [3.63, 3.8) is 0 Å². The number of fused-ring (bicyclic) bond motifs is 1. The molecule has 3 aromatic rings. The van der Waals surface area contributed by atoms with E-state index in [4.69, 9.17) is 5.73 Å². The maximum absolute atomic E-state index is 6.09. The third-order valence-corrected chi connectivity index (χ3v) is 3.58. The standard InChI is InChI=1S/C14H19N7/c1-3-11(15)7-10-8-21(9-13-17-19-20(2)18-13)14-12(10)5-4-6-16-14/h4-6,8,11H,3,7,9,15H2,1-2H3. The van der Waals surface area contributed by atoms with Crippen LogP contribution in [0.25, 0.3) is 11.0 Å². The van der Waals surface area contributed by atoms with Gasteiger partial charge in [-0.2, -0.15) is 4.80 Å². The Morgan fingerprint density at radius 2 is 2.24 bits per heavy atom. The van der Waals surface area contributed by atoms with Gasteiger partial charge in [0, 0.05) is 23.8 Å². The van der Waals surface area contributed by atoms with Gasteiger partial charge in [-0.15, -0.1) is 10.2 Å². The Morgan fingerprint density at radius 1 is 1.38 bits per heavy atom. The molecule has 3 heterocycles. The van der Waals surface area contributed by atoms with Crippen molar-refractivity contribution in [3.8, 4) is 0 Å². The molecule has 0 bridgehead atoms. The second-order valence-electron chi connectivity index (χ2n) is 5.22. The highest BCUT2D eigenvalue weighted by Gasteiger charge is 2.13. The number of tetrazole rings is 1. The minimum absolute atomic E-state index is 0.166. The lowest BCUT2D eigenvalue weighted by atomic mass is 10.1. The Hall–Kier alpha value is -2.28. The smallest absolute Gasteiger partial charge is 0.194 e. The average Bonchev–Trinajstić information content (AvgIpc) is 3.04. The zero-order valence-corrected chi connectivity index (χ0v) is 12.3. The van der Waals surface area contributed by atoms with Gasteiger partial charge in [0.1, 0.15) is 5.65 Å². The molecule has 1 atom stereocenters. The monoisotopic (exact) mass is 285 g/mol. The van der Waals surface area contributed by atoms with Gasteiger partial charge < -0.3 is 10.3 Å². The van der Waals surface area contributed by atoms with E-state index >= 15 is 0 Å². The molecule has 0 aliphatic heterocycles. The van der Waals surface area contributed by atoms with Gasteiger partial charge in [-0.25, -0.2) is 4.98 Å². The van der Waals surface area contributed by atoms with Crippen molar-refractivity contribution in [1.29, 1.82) is 0 Å². The highest BCUT2D eigenvalue weighted by Crippen LogP contribution is 2.21. The van der Waals surface area contributed by atoms with Gasteiger partial charge in [-0.05, 0) is 35.8 Å². The molecule has 0 aromatic carbocycles. The maximum Gasteiger partial charge on any atom is 0.194 e. The van der Waals surface area contributed by atoms with Gasteiger partial charge >= 0.3 is 0 Å². The van der Waals surface area contributed by atoms with Crippen LogP contribution in [0.5, 0.6) is 0 Å². The second-order valence-corrected chi connectivity index (χ2v) is 5.22. The molecule has 0 aliphatic rings. The molecule has 0 spiro atoms. The van der Waals surface area contributed by atoms with Crippen molar-refractivity contribution in [3.05, 3.63) is 35.9 Å². The van der Waals surface area contributed by atoms with Crippen LogP contribution in [0.15, 0.2) is 24.5 Å². The molecule has 1 unspecified atom stereocenters. The minimum Gasteiger partial charge on any atom is -0.327 e. The number of nitrogens with zero attached hydrogens (tertiary/aromatic N) is 6. The first kappa shape index (κ1) is 13.7. The molecular weight excluding hydrogens is 266 g/mol. The SMILES string of the molecule is CCC(N)Cc1cn(Cc2nnn(C)n2)c2ncccc12. The summed E-state index contributed by atoms with van der Waals surface area (Å²) in [5.74, 6) is 0.673. The van der Waals surface area contributed by atoms with Gasteiger partial charge in [0.05, 0.1) is 13.6 Å². The van der Waals surface area contributed by atoms with Crippen LogP contribution in [0.3, 0.4) is 0 Å².